The molecule has 2 N–H and O–H groups in total. The third kappa shape index (κ3) is 5.22. The summed E-state index contributed by atoms with van der Waals surface area (Å²) in [6.07, 6.45) is 1.03. The monoisotopic (exact) mass is 246 g/mol. The first-order chi connectivity index (χ1) is 8.63. The molecule has 98 valence electrons. The lowest BCUT2D eigenvalue weighted by molar-refractivity contribution is 0.280. The Labute approximate surface area is 110 Å². The highest BCUT2D eigenvalue weighted by Crippen LogP contribution is 2.18. The van der Waals surface area contributed by atoms with E-state index in [0.717, 1.165) is 36.4 Å². The standard InChI is InChI=1S/C15H22N2O/c1-13-12-14(6-4-9-16)7-8-15(13)18-11-5-10-17(2)3/h7-8,12H,5,9-11,16H2,1-3H3. The van der Waals surface area contributed by atoms with Crippen LogP contribution in [0.3, 0.4) is 0 Å². The summed E-state index contributed by atoms with van der Waals surface area (Å²) in [6.45, 7) is 4.21. The van der Waals surface area contributed by atoms with Gasteiger partial charge in [0.1, 0.15) is 5.75 Å². The summed E-state index contributed by atoms with van der Waals surface area (Å²) in [6, 6.07) is 5.98. The smallest absolute Gasteiger partial charge is 0.122 e. The Morgan fingerprint density at radius 2 is 2.11 bits per heavy atom. The molecule has 1 rings (SSSR count). The second kappa shape index (κ2) is 7.75. The van der Waals surface area contributed by atoms with Crippen molar-refractivity contribution < 1.29 is 4.74 Å². The molecule has 0 spiro atoms. The first kappa shape index (κ1) is 14.6. The van der Waals surface area contributed by atoms with Crippen LogP contribution < -0.4 is 10.5 Å². The Bertz CT molecular complexity index is 430. The summed E-state index contributed by atoms with van der Waals surface area (Å²) >= 11 is 0. The highest BCUT2D eigenvalue weighted by Gasteiger charge is 2.00. The lowest BCUT2D eigenvalue weighted by Gasteiger charge is -2.12. The highest BCUT2D eigenvalue weighted by molar-refractivity contribution is 5.43. The summed E-state index contributed by atoms with van der Waals surface area (Å²) in [5, 5.41) is 0. The molecule has 1 aromatic rings. The van der Waals surface area contributed by atoms with E-state index in [0.29, 0.717) is 6.54 Å². The summed E-state index contributed by atoms with van der Waals surface area (Å²) in [5.74, 6) is 6.80. The average Bonchev–Trinajstić information content (AvgIpc) is 2.33. The number of hydrogen-bond acceptors (Lipinski definition) is 3. The third-order valence-corrected chi connectivity index (χ3v) is 2.52. The fourth-order valence-electron chi connectivity index (χ4n) is 1.61. The van der Waals surface area contributed by atoms with Gasteiger partial charge in [0.15, 0.2) is 0 Å². The molecule has 0 unspecified atom stereocenters. The van der Waals surface area contributed by atoms with E-state index in [1.165, 1.54) is 0 Å². The minimum atomic E-state index is 0.391. The molecule has 0 heterocycles. The van der Waals surface area contributed by atoms with Crippen molar-refractivity contribution in [1.82, 2.24) is 4.90 Å². The Balaban J connectivity index is 2.52. The fraction of sp³-hybridized carbons (Fsp3) is 0.467. The van der Waals surface area contributed by atoms with Crippen LogP contribution in [0.15, 0.2) is 18.2 Å². The van der Waals surface area contributed by atoms with E-state index >= 15 is 0 Å². The van der Waals surface area contributed by atoms with Gasteiger partial charge in [0, 0.05) is 12.1 Å². The van der Waals surface area contributed by atoms with E-state index < -0.39 is 0 Å². The van der Waals surface area contributed by atoms with Crippen LogP contribution in [-0.4, -0.2) is 38.7 Å². The van der Waals surface area contributed by atoms with E-state index in [-0.39, 0.29) is 0 Å². The number of aryl methyl sites for hydroxylation is 1. The number of rotatable bonds is 5. The molecular weight excluding hydrogens is 224 g/mol. The van der Waals surface area contributed by atoms with Gasteiger partial charge < -0.3 is 15.4 Å². The maximum atomic E-state index is 5.75. The van der Waals surface area contributed by atoms with E-state index in [1.807, 2.05) is 25.1 Å². The molecule has 3 heteroatoms. The highest BCUT2D eigenvalue weighted by atomic mass is 16.5. The van der Waals surface area contributed by atoms with Crippen molar-refractivity contribution in [3.63, 3.8) is 0 Å². The number of nitrogens with zero attached hydrogens (tertiary/aromatic N) is 1. The minimum absolute atomic E-state index is 0.391. The van der Waals surface area contributed by atoms with Crippen LogP contribution in [0, 0.1) is 18.8 Å². The number of ether oxygens (including phenoxy) is 1. The molecule has 3 nitrogen and oxygen atoms in total. The largest absolute Gasteiger partial charge is 0.493 e. The predicted octanol–water partition coefficient (Wildman–Crippen LogP) is 1.64. The van der Waals surface area contributed by atoms with Crippen molar-refractivity contribution in [1.29, 1.82) is 0 Å². The van der Waals surface area contributed by atoms with Crippen molar-refractivity contribution in [2.24, 2.45) is 5.73 Å². The summed E-state index contributed by atoms with van der Waals surface area (Å²) in [5.41, 5.74) is 7.45. The lowest BCUT2D eigenvalue weighted by atomic mass is 10.1. The zero-order valence-corrected chi connectivity index (χ0v) is 11.5. The predicted molar refractivity (Wildman–Crippen MR) is 75.8 cm³/mol. The van der Waals surface area contributed by atoms with E-state index in [1.54, 1.807) is 0 Å². The Hall–Kier alpha value is -1.50. The van der Waals surface area contributed by atoms with E-state index in [4.69, 9.17) is 10.5 Å². The van der Waals surface area contributed by atoms with Gasteiger partial charge in [-0.2, -0.15) is 0 Å². The molecule has 18 heavy (non-hydrogen) atoms. The van der Waals surface area contributed by atoms with Crippen LogP contribution in [0.4, 0.5) is 0 Å². The van der Waals surface area contributed by atoms with E-state index in [9.17, 15) is 0 Å². The topological polar surface area (TPSA) is 38.5 Å². The van der Waals surface area contributed by atoms with Crippen LogP contribution in [0.1, 0.15) is 17.5 Å². The SMILES string of the molecule is Cc1cc(C#CCN)ccc1OCCCN(C)C. The molecule has 1 aromatic carbocycles. The molecule has 0 radical (unpaired) electrons. The number of nitrogens with two attached hydrogens (primary N) is 1. The van der Waals surface area contributed by atoms with Gasteiger partial charge in [-0.15, -0.1) is 0 Å². The second-order valence-electron chi connectivity index (χ2n) is 4.49. The zero-order valence-electron chi connectivity index (χ0n) is 11.5. The molecule has 0 saturated heterocycles. The third-order valence-electron chi connectivity index (χ3n) is 2.52. The molecular formula is C15H22N2O. The summed E-state index contributed by atoms with van der Waals surface area (Å²) < 4.78 is 5.75. The molecule has 0 aliphatic carbocycles. The van der Waals surface area contributed by atoms with Crippen LogP contribution in [-0.2, 0) is 0 Å². The molecule has 0 atom stereocenters. The van der Waals surface area contributed by atoms with Crippen molar-refractivity contribution >= 4 is 0 Å². The Morgan fingerprint density at radius 3 is 2.72 bits per heavy atom. The maximum Gasteiger partial charge on any atom is 0.122 e. The average molecular weight is 246 g/mol. The molecule has 0 bridgehead atoms. The van der Waals surface area contributed by atoms with Crippen LogP contribution >= 0.6 is 0 Å². The molecule has 0 aromatic heterocycles. The van der Waals surface area contributed by atoms with Crippen molar-refractivity contribution in [2.75, 3.05) is 33.8 Å². The van der Waals surface area contributed by atoms with Gasteiger partial charge in [-0.3, -0.25) is 0 Å². The van der Waals surface area contributed by atoms with Crippen molar-refractivity contribution in [3.8, 4) is 17.6 Å². The molecule has 0 fully saturated rings. The minimum Gasteiger partial charge on any atom is -0.493 e. The van der Waals surface area contributed by atoms with Gasteiger partial charge in [-0.25, -0.2) is 0 Å². The quantitative estimate of drug-likeness (QED) is 0.634. The first-order valence-corrected chi connectivity index (χ1v) is 6.20. The van der Waals surface area contributed by atoms with Gasteiger partial charge in [0.05, 0.1) is 13.2 Å². The van der Waals surface area contributed by atoms with Gasteiger partial charge in [-0.1, -0.05) is 11.8 Å². The Morgan fingerprint density at radius 1 is 1.33 bits per heavy atom. The van der Waals surface area contributed by atoms with Crippen molar-refractivity contribution in [2.45, 2.75) is 13.3 Å². The fourth-order valence-corrected chi connectivity index (χ4v) is 1.61. The second-order valence-corrected chi connectivity index (χ2v) is 4.49. The Kier molecular flexibility index (Phi) is 6.27. The normalized spacial score (nSPS) is 10.1. The van der Waals surface area contributed by atoms with E-state index in [2.05, 4.69) is 30.8 Å². The lowest BCUT2D eigenvalue weighted by Crippen LogP contribution is -2.15. The van der Waals surface area contributed by atoms with Gasteiger partial charge >= 0.3 is 0 Å². The van der Waals surface area contributed by atoms with Crippen LogP contribution in [0.5, 0.6) is 5.75 Å². The van der Waals surface area contributed by atoms with Crippen molar-refractivity contribution in [3.05, 3.63) is 29.3 Å². The molecule has 0 aliphatic rings. The molecule has 0 amide bonds. The van der Waals surface area contributed by atoms with Gasteiger partial charge in [0.25, 0.3) is 0 Å². The number of hydrogen-bond donors (Lipinski definition) is 1. The zero-order chi connectivity index (χ0) is 13.4. The summed E-state index contributed by atoms with van der Waals surface area (Å²) in [4.78, 5) is 2.15. The van der Waals surface area contributed by atoms with Crippen LogP contribution in [0.2, 0.25) is 0 Å². The van der Waals surface area contributed by atoms with Crippen LogP contribution in [0.25, 0.3) is 0 Å². The number of benzene rings is 1. The maximum absolute atomic E-state index is 5.75. The first-order valence-electron chi connectivity index (χ1n) is 6.20. The summed E-state index contributed by atoms with van der Waals surface area (Å²) in [7, 11) is 4.13. The molecule has 0 aliphatic heterocycles. The molecule has 0 saturated carbocycles. The van der Waals surface area contributed by atoms with Gasteiger partial charge in [0.2, 0.25) is 0 Å². The van der Waals surface area contributed by atoms with Gasteiger partial charge in [-0.05, 0) is 51.2 Å².